The normalized spacial score (nSPS) is 17.4. The molecule has 1 N–H and O–H groups in total. The number of nitrogens with zero attached hydrogens (tertiary/aromatic N) is 1. The summed E-state index contributed by atoms with van der Waals surface area (Å²) < 4.78 is 13.6. The predicted octanol–water partition coefficient (Wildman–Crippen LogP) is 3.04. The number of pyridine rings is 1. The molecule has 0 saturated heterocycles. The van der Waals surface area contributed by atoms with Crippen LogP contribution in [0.2, 0.25) is 0 Å². The Balaban J connectivity index is 1.60. The molecule has 0 radical (unpaired) electrons. The van der Waals surface area contributed by atoms with Gasteiger partial charge in [0, 0.05) is 18.4 Å². The van der Waals surface area contributed by atoms with Crippen molar-refractivity contribution in [1.29, 1.82) is 0 Å². The fraction of sp³-hybridized carbons (Fsp3) is 0.312. The van der Waals surface area contributed by atoms with Crippen molar-refractivity contribution in [3.63, 3.8) is 0 Å². The van der Waals surface area contributed by atoms with Gasteiger partial charge in [0.25, 0.3) is 0 Å². The maximum Gasteiger partial charge on any atom is 0.126 e. The van der Waals surface area contributed by atoms with Crippen LogP contribution < -0.4 is 5.32 Å². The summed E-state index contributed by atoms with van der Waals surface area (Å²) in [4.78, 5) is 4.11. The van der Waals surface area contributed by atoms with Gasteiger partial charge in [0.1, 0.15) is 5.82 Å². The van der Waals surface area contributed by atoms with Crippen LogP contribution in [0.5, 0.6) is 0 Å². The number of hydrogen-bond acceptors (Lipinski definition) is 2. The zero-order valence-corrected chi connectivity index (χ0v) is 10.8. The smallest absolute Gasteiger partial charge is 0.126 e. The molecule has 2 nitrogen and oxygen atoms in total. The van der Waals surface area contributed by atoms with Gasteiger partial charge in [0.2, 0.25) is 0 Å². The standard InChI is InChI=1S/C16H17FN2/c17-15-5-1-4-14-13(15)6-7-16(14)19-10-8-12-3-2-9-18-11-12/h1-5,9,11,16,19H,6-8,10H2. The lowest BCUT2D eigenvalue weighted by molar-refractivity contribution is 0.533. The van der Waals surface area contributed by atoms with Crippen molar-refractivity contribution in [2.24, 2.45) is 0 Å². The van der Waals surface area contributed by atoms with E-state index < -0.39 is 0 Å². The zero-order chi connectivity index (χ0) is 13.1. The van der Waals surface area contributed by atoms with Gasteiger partial charge in [-0.3, -0.25) is 4.98 Å². The lowest BCUT2D eigenvalue weighted by Crippen LogP contribution is -2.21. The molecule has 1 aliphatic carbocycles. The SMILES string of the molecule is Fc1cccc2c1CCC2NCCc1cccnc1. The fourth-order valence-corrected chi connectivity index (χ4v) is 2.76. The van der Waals surface area contributed by atoms with E-state index in [-0.39, 0.29) is 5.82 Å². The molecule has 98 valence electrons. The Morgan fingerprint density at radius 1 is 1.26 bits per heavy atom. The summed E-state index contributed by atoms with van der Waals surface area (Å²) in [5, 5.41) is 3.52. The quantitative estimate of drug-likeness (QED) is 0.909. The van der Waals surface area contributed by atoms with Gasteiger partial charge in [-0.15, -0.1) is 0 Å². The third-order valence-corrected chi connectivity index (χ3v) is 3.74. The molecule has 19 heavy (non-hydrogen) atoms. The highest BCUT2D eigenvalue weighted by Crippen LogP contribution is 2.32. The van der Waals surface area contributed by atoms with Crippen LogP contribution in [0, 0.1) is 5.82 Å². The molecule has 2 aromatic rings. The van der Waals surface area contributed by atoms with Crippen LogP contribution in [0.1, 0.15) is 29.2 Å². The molecule has 0 bridgehead atoms. The summed E-state index contributed by atoms with van der Waals surface area (Å²) in [6.45, 7) is 0.895. The summed E-state index contributed by atoms with van der Waals surface area (Å²) in [5.41, 5.74) is 3.25. The molecule has 0 spiro atoms. The average Bonchev–Trinajstić information content (AvgIpc) is 2.85. The summed E-state index contributed by atoms with van der Waals surface area (Å²) in [6, 6.07) is 9.72. The molecule has 0 fully saturated rings. The Morgan fingerprint density at radius 2 is 2.21 bits per heavy atom. The Labute approximate surface area is 112 Å². The van der Waals surface area contributed by atoms with E-state index in [1.54, 1.807) is 18.3 Å². The monoisotopic (exact) mass is 256 g/mol. The van der Waals surface area contributed by atoms with Crippen molar-refractivity contribution in [3.05, 3.63) is 65.2 Å². The van der Waals surface area contributed by atoms with Crippen molar-refractivity contribution in [2.45, 2.75) is 25.3 Å². The van der Waals surface area contributed by atoms with Crippen LogP contribution in [-0.2, 0) is 12.8 Å². The minimum Gasteiger partial charge on any atom is -0.310 e. The maximum absolute atomic E-state index is 13.6. The number of benzene rings is 1. The highest BCUT2D eigenvalue weighted by Gasteiger charge is 2.23. The molecular weight excluding hydrogens is 239 g/mol. The molecule has 1 atom stereocenters. The Morgan fingerprint density at radius 3 is 3.05 bits per heavy atom. The lowest BCUT2D eigenvalue weighted by atomic mass is 10.1. The van der Waals surface area contributed by atoms with Crippen LogP contribution in [0.3, 0.4) is 0 Å². The zero-order valence-electron chi connectivity index (χ0n) is 10.8. The first-order chi connectivity index (χ1) is 9.34. The highest BCUT2D eigenvalue weighted by molar-refractivity contribution is 5.35. The molecule has 0 saturated carbocycles. The number of nitrogens with one attached hydrogen (secondary N) is 1. The topological polar surface area (TPSA) is 24.9 Å². The number of fused-ring (bicyclic) bond motifs is 1. The van der Waals surface area contributed by atoms with E-state index in [1.807, 2.05) is 18.3 Å². The van der Waals surface area contributed by atoms with E-state index in [9.17, 15) is 4.39 Å². The van der Waals surface area contributed by atoms with Gasteiger partial charge in [-0.1, -0.05) is 18.2 Å². The van der Waals surface area contributed by atoms with Gasteiger partial charge >= 0.3 is 0 Å². The second kappa shape index (κ2) is 5.49. The van der Waals surface area contributed by atoms with Gasteiger partial charge < -0.3 is 5.32 Å². The van der Waals surface area contributed by atoms with Crippen molar-refractivity contribution < 1.29 is 4.39 Å². The van der Waals surface area contributed by atoms with E-state index in [1.165, 1.54) is 5.56 Å². The molecule has 1 aromatic heterocycles. The first kappa shape index (κ1) is 12.3. The van der Waals surface area contributed by atoms with E-state index in [4.69, 9.17) is 0 Å². The van der Waals surface area contributed by atoms with Gasteiger partial charge in [0.15, 0.2) is 0 Å². The van der Waals surface area contributed by atoms with Gasteiger partial charge in [0.05, 0.1) is 0 Å². The van der Waals surface area contributed by atoms with Crippen LogP contribution in [-0.4, -0.2) is 11.5 Å². The summed E-state index contributed by atoms with van der Waals surface area (Å²) >= 11 is 0. The molecule has 1 heterocycles. The molecule has 3 heteroatoms. The third-order valence-electron chi connectivity index (χ3n) is 3.74. The van der Waals surface area contributed by atoms with Crippen LogP contribution in [0.4, 0.5) is 4.39 Å². The summed E-state index contributed by atoms with van der Waals surface area (Å²) in [5.74, 6) is -0.0611. The summed E-state index contributed by atoms with van der Waals surface area (Å²) in [6.07, 6.45) is 6.46. The van der Waals surface area contributed by atoms with Crippen molar-refractivity contribution in [1.82, 2.24) is 10.3 Å². The maximum atomic E-state index is 13.6. The number of rotatable bonds is 4. The minimum absolute atomic E-state index is 0.0611. The number of halogens is 1. The fourth-order valence-electron chi connectivity index (χ4n) is 2.76. The average molecular weight is 256 g/mol. The minimum atomic E-state index is -0.0611. The molecule has 1 unspecified atom stereocenters. The highest BCUT2D eigenvalue weighted by atomic mass is 19.1. The molecule has 0 aliphatic heterocycles. The number of hydrogen-bond donors (Lipinski definition) is 1. The second-order valence-electron chi connectivity index (χ2n) is 4.96. The van der Waals surface area contributed by atoms with Crippen molar-refractivity contribution in [3.8, 4) is 0 Å². The molecule has 1 aliphatic rings. The van der Waals surface area contributed by atoms with E-state index in [0.29, 0.717) is 6.04 Å². The molecule has 1 aromatic carbocycles. The van der Waals surface area contributed by atoms with Crippen molar-refractivity contribution >= 4 is 0 Å². The van der Waals surface area contributed by atoms with Crippen LogP contribution >= 0.6 is 0 Å². The van der Waals surface area contributed by atoms with E-state index in [0.717, 1.165) is 36.9 Å². The molecule has 3 rings (SSSR count). The van der Waals surface area contributed by atoms with Gasteiger partial charge in [-0.05, 0) is 54.6 Å². The van der Waals surface area contributed by atoms with Gasteiger partial charge in [-0.25, -0.2) is 4.39 Å². The van der Waals surface area contributed by atoms with E-state index in [2.05, 4.69) is 16.4 Å². The third kappa shape index (κ3) is 2.66. The van der Waals surface area contributed by atoms with Gasteiger partial charge in [-0.2, -0.15) is 0 Å². The Kier molecular flexibility index (Phi) is 3.56. The summed E-state index contributed by atoms with van der Waals surface area (Å²) in [7, 11) is 0. The Bertz CT molecular complexity index is 554. The first-order valence-electron chi connectivity index (χ1n) is 6.74. The molecule has 0 amide bonds. The van der Waals surface area contributed by atoms with Crippen LogP contribution in [0.15, 0.2) is 42.7 Å². The Hall–Kier alpha value is -1.74. The van der Waals surface area contributed by atoms with Crippen LogP contribution in [0.25, 0.3) is 0 Å². The lowest BCUT2D eigenvalue weighted by Gasteiger charge is -2.14. The number of aromatic nitrogens is 1. The van der Waals surface area contributed by atoms with E-state index >= 15 is 0 Å². The predicted molar refractivity (Wildman–Crippen MR) is 73.4 cm³/mol. The first-order valence-corrected chi connectivity index (χ1v) is 6.74. The van der Waals surface area contributed by atoms with Crippen molar-refractivity contribution in [2.75, 3.05) is 6.54 Å². The molecular formula is C16H17FN2. The largest absolute Gasteiger partial charge is 0.310 e. The second-order valence-corrected chi connectivity index (χ2v) is 4.96.